The van der Waals surface area contributed by atoms with Crippen molar-refractivity contribution in [2.75, 3.05) is 0 Å². The molecule has 0 aliphatic rings. The van der Waals surface area contributed by atoms with Crippen molar-refractivity contribution in [2.24, 2.45) is 0 Å². The monoisotopic (exact) mass is 473 g/mol. The molecule has 0 radical (unpaired) electrons. The van der Waals surface area contributed by atoms with Crippen molar-refractivity contribution in [3.8, 4) is 0 Å². The molecule has 0 amide bonds. The number of hydrogen-bond donors (Lipinski definition) is 1. The predicted octanol–water partition coefficient (Wildman–Crippen LogP) is 4.83. The van der Waals surface area contributed by atoms with E-state index in [1.807, 2.05) is 29.1 Å². The minimum atomic E-state index is -0.263. The Kier molecular flexibility index (Phi) is 7.12. The second-order valence-electron chi connectivity index (χ2n) is 10.3. The molecule has 3 aromatic heterocycles. The fourth-order valence-corrected chi connectivity index (χ4v) is 4.49. The molecule has 35 heavy (non-hydrogen) atoms. The van der Waals surface area contributed by atoms with Crippen molar-refractivity contribution in [3.63, 3.8) is 0 Å². The number of fused-ring (bicyclic) bond motifs is 1. The van der Waals surface area contributed by atoms with Crippen LogP contribution < -0.4 is 5.56 Å². The summed E-state index contributed by atoms with van der Waals surface area (Å²) in [5, 5.41) is 13.8. The van der Waals surface area contributed by atoms with E-state index in [1.165, 1.54) is 5.56 Å². The normalized spacial score (nSPS) is 13.0. The van der Waals surface area contributed by atoms with Crippen molar-refractivity contribution in [1.82, 2.24) is 35.1 Å². The molecule has 1 atom stereocenters. The molecule has 4 aromatic rings. The van der Waals surface area contributed by atoms with Gasteiger partial charge in [0.2, 0.25) is 0 Å². The van der Waals surface area contributed by atoms with Crippen LogP contribution in [0.2, 0.25) is 0 Å². The van der Waals surface area contributed by atoms with E-state index in [4.69, 9.17) is 0 Å². The molecule has 0 aliphatic heterocycles. The number of H-pyrrole nitrogens is 1. The predicted molar refractivity (Wildman–Crippen MR) is 138 cm³/mol. The quantitative estimate of drug-likeness (QED) is 0.394. The molecule has 0 bridgehead atoms. The molecule has 0 unspecified atom stereocenters. The Bertz CT molecular complexity index is 1350. The van der Waals surface area contributed by atoms with Crippen LogP contribution in [0, 0.1) is 13.8 Å². The molecule has 0 saturated heterocycles. The maximum atomic E-state index is 13.2. The van der Waals surface area contributed by atoms with Gasteiger partial charge >= 0.3 is 0 Å². The van der Waals surface area contributed by atoms with E-state index in [1.54, 1.807) is 6.20 Å². The van der Waals surface area contributed by atoms with E-state index >= 15 is 0 Å². The van der Waals surface area contributed by atoms with Crippen LogP contribution in [0.25, 0.3) is 10.9 Å². The highest BCUT2D eigenvalue weighted by Crippen LogP contribution is 2.30. The Labute approximate surface area is 206 Å². The van der Waals surface area contributed by atoms with Crippen LogP contribution in [-0.2, 0) is 18.6 Å². The van der Waals surface area contributed by atoms with E-state index < -0.39 is 0 Å². The molecule has 0 aliphatic carbocycles. The number of nitrogens with one attached hydrogen (secondary N) is 1. The van der Waals surface area contributed by atoms with Gasteiger partial charge in [-0.15, -0.1) is 5.10 Å². The summed E-state index contributed by atoms with van der Waals surface area (Å²) in [6, 6.07) is 10.1. The number of aromatic amines is 1. The van der Waals surface area contributed by atoms with Crippen LogP contribution >= 0.6 is 0 Å². The SMILES string of the molecule is CCC[C@@H](c1nnnn1C(C)(C)C)N(Cc1cccnc1)Cc1cc2cc(C)c(C)cc2[nH]c1=O. The molecule has 8 heteroatoms. The number of rotatable bonds is 8. The van der Waals surface area contributed by atoms with Gasteiger partial charge in [-0.25, -0.2) is 4.68 Å². The van der Waals surface area contributed by atoms with Gasteiger partial charge in [-0.1, -0.05) is 19.4 Å². The van der Waals surface area contributed by atoms with Crippen molar-refractivity contribution in [2.45, 2.75) is 79.1 Å². The molecule has 0 fully saturated rings. The summed E-state index contributed by atoms with van der Waals surface area (Å²) >= 11 is 0. The second-order valence-corrected chi connectivity index (χ2v) is 10.3. The number of tetrazole rings is 1. The largest absolute Gasteiger partial charge is 0.322 e. The molecule has 1 N–H and O–H groups in total. The number of benzene rings is 1. The van der Waals surface area contributed by atoms with Crippen LogP contribution in [0.3, 0.4) is 0 Å². The van der Waals surface area contributed by atoms with Crippen LogP contribution in [0.1, 0.15) is 74.7 Å². The maximum Gasteiger partial charge on any atom is 0.252 e. The molecule has 0 spiro atoms. The van der Waals surface area contributed by atoms with E-state index in [0.717, 1.165) is 46.3 Å². The average molecular weight is 474 g/mol. The highest BCUT2D eigenvalue weighted by Gasteiger charge is 2.30. The molecule has 4 rings (SSSR count). The van der Waals surface area contributed by atoms with Gasteiger partial charge in [-0.3, -0.25) is 14.7 Å². The zero-order valence-electron chi connectivity index (χ0n) is 21.5. The van der Waals surface area contributed by atoms with Crippen molar-refractivity contribution >= 4 is 10.9 Å². The van der Waals surface area contributed by atoms with Gasteiger partial charge in [0.15, 0.2) is 5.82 Å². The minimum absolute atomic E-state index is 0.0655. The molecule has 0 saturated carbocycles. The lowest BCUT2D eigenvalue weighted by atomic mass is 10.0. The lowest BCUT2D eigenvalue weighted by Crippen LogP contribution is -2.35. The second kappa shape index (κ2) is 10.1. The Morgan fingerprint density at radius 1 is 1.11 bits per heavy atom. The summed E-state index contributed by atoms with van der Waals surface area (Å²) in [6.45, 7) is 13.7. The van der Waals surface area contributed by atoms with Gasteiger partial charge in [0.25, 0.3) is 5.56 Å². The smallest absolute Gasteiger partial charge is 0.252 e. The van der Waals surface area contributed by atoms with Crippen LogP contribution in [0.4, 0.5) is 0 Å². The molecule has 8 nitrogen and oxygen atoms in total. The number of nitrogens with zero attached hydrogens (tertiary/aromatic N) is 6. The van der Waals surface area contributed by atoms with Gasteiger partial charge < -0.3 is 4.98 Å². The summed E-state index contributed by atoms with van der Waals surface area (Å²) in [5.41, 5.74) is 4.70. The lowest BCUT2D eigenvalue weighted by molar-refractivity contribution is 0.148. The zero-order chi connectivity index (χ0) is 25.2. The number of aromatic nitrogens is 6. The summed E-state index contributed by atoms with van der Waals surface area (Å²) in [7, 11) is 0. The van der Waals surface area contributed by atoms with E-state index in [2.05, 4.69) is 84.1 Å². The molecule has 184 valence electrons. The first-order valence-corrected chi connectivity index (χ1v) is 12.2. The molecule has 3 heterocycles. The summed E-state index contributed by atoms with van der Waals surface area (Å²) < 4.78 is 1.90. The number of hydrogen-bond acceptors (Lipinski definition) is 6. The van der Waals surface area contributed by atoms with Gasteiger partial charge in [-0.2, -0.15) is 0 Å². The fourth-order valence-electron chi connectivity index (χ4n) is 4.49. The maximum absolute atomic E-state index is 13.2. The Morgan fingerprint density at radius 3 is 2.57 bits per heavy atom. The van der Waals surface area contributed by atoms with Crippen LogP contribution in [0.15, 0.2) is 47.5 Å². The lowest BCUT2D eigenvalue weighted by Gasteiger charge is -2.32. The third-order valence-electron chi connectivity index (χ3n) is 6.45. The first-order chi connectivity index (χ1) is 16.7. The van der Waals surface area contributed by atoms with Gasteiger partial charge in [0, 0.05) is 36.6 Å². The fraction of sp³-hybridized carbons (Fsp3) is 0.444. The molecule has 1 aromatic carbocycles. The minimum Gasteiger partial charge on any atom is -0.322 e. The standard InChI is InChI=1S/C27H35N7O/c1-7-9-24(25-30-31-32-34(25)27(4,5)6)33(16-20-10-8-11-28-15-20)17-22-14-21-12-18(2)19(3)13-23(21)29-26(22)35/h8,10-15,24H,7,9,16-17H2,1-6H3,(H,29,35)/t24-/m0/s1. The Balaban J connectivity index is 1.79. The van der Waals surface area contributed by atoms with E-state index in [9.17, 15) is 4.79 Å². The van der Waals surface area contributed by atoms with E-state index in [0.29, 0.717) is 13.1 Å². The van der Waals surface area contributed by atoms with Gasteiger partial charge in [-0.05, 0) is 97.8 Å². The first kappa shape index (κ1) is 24.7. The summed E-state index contributed by atoms with van der Waals surface area (Å²) in [6.07, 6.45) is 5.47. The van der Waals surface area contributed by atoms with E-state index in [-0.39, 0.29) is 17.1 Å². The Morgan fingerprint density at radius 2 is 1.89 bits per heavy atom. The third kappa shape index (κ3) is 5.48. The average Bonchev–Trinajstić information content (AvgIpc) is 3.30. The highest BCUT2D eigenvalue weighted by molar-refractivity contribution is 5.80. The van der Waals surface area contributed by atoms with Gasteiger partial charge in [0.05, 0.1) is 11.6 Å². The van der Waals surface area contributed by atoms with Crippen molar-refractivity contribution in [3.05, 3.63) is 81.2 Å². The highest BCUT2D eigenvalue weighted by atomic mass is 16.1. The van der Waals surface area contributed by atoms with Crippen molar-refractivity contribution < 1.29 is 0 Å². The summed E-state index contributed by atoms with van der Waals surface area (Å²) in [4.78, 5) is 22.9. The van der Waals surface area contributed by atoms with Crippen LogP contribution in [-0.4, -0.2) is 35.1 Å². The summed E-state index contributed by atoms with van der Waals surface area (Å²) in [5.74, 6) is 0.812. The first-order valence-electron chi connectivity index (χ1n) is 12.2. The van der Waals surface area contributed by atoms with Crippen LogP contribution in [0.5, 0.6) is 0 Å². The third-order valence-corrected chi connectivity index (χ3v) is 6.45. The van der Waals surface area contributed by atoms with Crippen molar-refractivity contribution in [1.29, 1.82) is 0 Å². The zero-order valence-corrected chi connectivity index (χ0v) is 21.5. The molecular formula is C27H35N7O. The topological polar surface area (TPSA) is 92.6 Å². The van der Waals surface area contributed by atoms with Gasteiger partial charge in [0.1, 0.15) is 0 Å². The number of pyridine rings is 2. The number of aryl methyl sites for hydroxylation is 2. The molecular weight excluding hydrogens is 438 g/mol. The Hall–Kier alpha value is -3.39.